The zero-order valence-corrected chi connectivity index (χ0v) is 11.8. The monoisotopic (exact) mass is 269 g/mol. The molecular weight excluding hydrogens is 250 g/mol. The van der Waals surface area contributed by atoms with Crippen molar-refractivity contribution < 1.29 is 4.74 Å². The molecule has 4 heteroatoms. The maximum Gasteiger partial charge on any atom is 0.224 e. The van der Waals surface area contributed by atoms with Gasteiger partial charge in [-0.3, -0.25) is 0 Å². The van der Waals surface area contributed by atoms with E-state index in [0.717, 1.165) is 30.1 Å². The van der Waals surface area contributed by atoms with Crippen molar-refractivity contribution in [3.05, 3.63) is 48.3 Å². The minimum absolute atomic E-state index is 0.538. The fourth-order valence-corrected chi connectivity index (χ4v) is 1.75. The maximum atomic E-state index is 5.84. The third kappa shape index (κ3) is 3.82. The van der Waals surface area contributed by atoms with E-state index in [1.165, 1.54) is 6.33 Å². The normalized spacial score (nSPS) is 10.7. The minimum Gasteiger partial charge on any atom is -0.438 e. The average molecular weight is 269 g/mol. The number of aromatic nitrogens is 2. The van der Waals surface area contributed by atoms with Crippen LogP contribution in [0.2, 0.25) is 0 Å². The SMILES string of the molecule is C/C=C/c1ccccc1Oc1cc(NCCC)ncn1. The van der Waals surface area contributed by atoms with Gasteiger partial charge in [0.15, 0.2) is 0 Å². The Morgan fingerprint density at radius 2 is 2.10 bits per heavy atom. The van der Waals surface area contributed by atoms with Crippen molar-refractivity contribution in [2.45, 2.75) is 20.3 Å². The summed E-state index contributed by atoms with van der Waals surface area (Å²) in [6, 6.07) is 9.67. The second kappa shape index (κ2) is 7.28. The summed E-state index contributed by atoms with van der Waals surface area (Å²) in [7, 11) is 0. The first-order valence-corrected chi connectivity index (χ1v) is 6.79. The molecule has 2 aromatic rings. The van der Waals surface area contributed by atoms with Crippen LogP contribution in [-0.4, -0.2) is 16.5 Å². The van der Waals surface area contributed by atoms with Crippen molar-refractivity contribution >= 4 is 11.9 Å². The quantitative estimate of drug-likeness (QED) is 0.856. The number of nitrogens with zero attached hydrogens (tertiary/aromatic N) is 2. The van der Waals surface area contributed by atoms with Gasteiger partial charge in [0.2, 0.25) is 5.88 Å². The number of anilines is 1. The van der Waals surface area contributed by atoms with Crippen LogP contribution in [0.5, 0.6) is 11.6 Å². The van der Waals surface area contributed by atoms with Crippen LogP contribution in [0.1, 0.15) is 25.8 Å². The number of hydrogen-bond donors (Lipinski definition) is 1. The molecule has 0 atom stereocenters. The Hall–Kier alpha value is -2.36. The Labute approximate surface area is 119 Å². The Morgan fingerprint density at radius 1 is 1.25 bits per heavy atom. The summed E-state index contributed by atoms with van der Waals surface area (Å²) in [5.41, 5.74) is 1.02. The molecule has 2 rings (SSSR count). The summed E-state index contributed by atoms with van der Waals surface area (Å²) in [5.74, 6) is 2.10. The van der Waals surface area contributed by atoms with Crippen LogP contribution >= 0.6 is 0 Å². The fraction of sp³-hybridized carbons (Fsp3) is 0.250. The fourth-order valence-electron chi connectivity index (χ4n) is 1.75. The number of ether oxygens (including phenoxy) is 1. The van der Waals surface area contributed by atoms with E-state index in [2.05, 4.69) is 22.2 Å². The average Bonchev–Trinajstić information content (AvgIpc) is 2.48. The van der Waals surface area contributed by atoms with Crippen molar-refractivity contribution in [2.24, 2.45) is 0 Å². The highest BCUT2D eigenvalue weighted by Gasteiger charge is 2.04. The summed E-state index contributed by atoms with van der Waals surface area (Å²) >= 11 is 0. The Morgan fingerprint density at radius 3 is 2.90 bits per heavy atom. The highest BCUT2D eigenvalue weighted by Crippen LogP contribution is 2.25. The van der Waals surface area contributed by atoms with Crippen molar-refractivity contribution in [2.75, 3.05) is 11.9 Å². The molecular formula is C16H19N3O. The predicted octanol–water partition coefficient (Wildman–Crippen LogP) is 4.12. The van der Waals surface area contributed by atoms with Gasteiger partial charge in [-0.2, -0.15) is 0 Å². The molecule has 0 aliphatic carbocycles. The lowest BCUT2D eigenvalue weighted by Gasteiger charge is -2.09. The van der Waals surface area contributed by atoms with Gasteiger partial charge in [0, 0.05) is 18.2 Å². The molecule has 1 aromatic heterocycles. The van der Waals surface area contributed by atoms with Crippen LogP contribution in [0.4, 0.5) is 5.82 Å². The summed E-state index contributed by atoms with van der Waals surface area (Å²) in [4.78, 5) is 8.31. The van der Waals surface area contributed by atoms with Gasteiger partial charge in [-0.05, 0) is 19.4 Å². The molecule has 0 bridgehead atoms. The van der Waals surface area contributed by atoms with Crippen LogP contribution in [0.25, 0.3) is 6.08 Å². The standard InChI is InChI=1S/C16H19N3O/c1-3-7-13-8-5-6-9-14(13)20-16-11-15(17-10-4-2)18-12-19-16/h3,5-9,11-12H,4,10H2,1-2H3,(H,17,18,19)/b7-3+. The van der Waals surface area contributed by atoms with Gasteiger partial charge in [-0.1, -0.05) is 37.3 Å². The maximum absolute atomic E-state index is 5.84. The zero-order valence-electron chi connectivity index (χ0n) is 11.8. The summed E-state index contributed by atoms with van der Waals surface area (Å²) < 4.78 is 5.84. The molecule has 0 saturated carbocycles. The first-order chi connectivity index (χ1) is 9.83. The molecule has 0 amide bonds. The van der Waals surface area contributed by atoms with E-state index in [-0.39, 0.29) is 0 Å². The Bertz CT molecular complexity index is 581. The molecule has 0 fully saturated rings. The molecule has 1 heterocycles. The van der Waals surface area contributed by atoms with Gasteiger partial charge in [-0.25, -0.2) is 9.97 Å². The molecule has 1 aromatic carbocycles. The second-order valence-corrected chi connectivity index (χ2v) is 4.31. The molecule has 0 radical (unpaired) electrons. The number of rotatable bonds is 6. The molecule has 0 saturated heterocycles. The third-order valence-electron chi connectivity index (χ3n) is 2.68. The lowest BCUT2D eigenvalue weighted by Crippen LogP contribution is -2.02. The highest BCUT2D eigenvalue weighted by molar-refractivity contribution is 5.57. The third-order valence-corrected chi connectivity index (χ3v) is 2.68. The van der Waals surface area contributed by atoms with Crippen molar-refractivity contribution in [3.63, 3.8) is 0 Å². The van der Waals surface area contributed by atoms with Crippen LogP contribution in [-0.2, 0) is 0 Å². The zero-order chi connectivity index (χ0) is 14.2. The molecule has 0 aliphatic heterocycles. The number of hydrogen-bond acceptors (Lipinski definition) is 4. The topological polar surface area (TPSA) is 47.0 Å². The molecule has 104 valence electrons. The van der Waals surface area contributed by atoms with E-state index in [1.54, 1.807) is 0 Å². The Kier molecular flexibility index (Phi) is 5.12. The summed E-state index contributed by atoms with van der Waals surface area (Å²) in [5, 5.41) is 3.22. The molecule has 20 heavy (non-hydrogen) atoms. The highest BCUT2D eigenvalue weighted by atomic mass is 16.5. The molecule has 0 spiro atoms. The van der Waals surface area contributed by atoms with Gasteiger partial charge in [-0.15, -0.1) is 0 Å². The number of nitrogens with one attached hydrogen (secondary N) is 1. The predicted molar refractivity (Wildman–Crippen MR) is 82.0 cm³/mol. The number of allylic oxidation sites excluding steroid dienone is 1. The first-order valence-electron chi connectivity index (χ1n) is 6.79. The van der Waals surface area contributed by atoms with E-state index < -0.39 is 0 Å². The van der Waals surface area contributed by atoms with Gasteiger partial charge in [0.1, 0.15) is 17.9 Å². The number of benzene rings is 1. The van der Waals surface area contributed by atoms with Gasteiger partial charge in [0.25, 0.3) is 0 Å². The number of para-hydroxylation sites is 1. The lowest BCUT2D eigenvalue weighted by atomic mass is 10.2. The van der Waals surface area contributed by atoms with E-state index >= 15 is 0 Å². The van der Waals surface area contributed by atoms with Crippen LogP contribution in [0.3, 0.4) is 0 Å². The van der Waals surface area contributed by atoms with E-state index in [4.69, 9.17) is 4.74 Å². The van der Waals surface area contributed by atoms with Gasteiger partial charge >= 0.3 is 0 Å². The molecule has 0 unspecified atom stereocenters. The van der Waals surface area contributed by atoms with Crippen LogP contribution in [0, 0.1) is 0 Å². The van der Waals surface area contributed by atoms with E-state index in [1.807, 2.05) is 49.4 Å². The van der Waals surface area contributed by atoms with Crippen molar-refractivity contribution in [1.82, 2.24) is 9.97 Å². The first kappa shape index (κ1) is 14.1. The van der Waals surface area contributed by atoms with Crippen molar-refractivity contribution in [3.8, 4) is 11.6 Å². The van der Waals surface area contributed by atoms with E-state index in [0.29, 0.717) is 5.88 Å². The minimum atomic E-state index is 0.538. The lowest BCUT2D eigenvalue weighted by molar-refractivity contribution is 0.461. The van der Waals surface area contributed by atoms with Crippen LogP contribution in [0.15, 0.2) is 42.7 Å². The second-order valence-electron chi connectivity index (χ2n) is 4.31. The smallest absolute Gasteiger partial charge is 0.224 e. The summed E-state index contributed by atoms with van der Waals surface area (Å²) in [6.07, 6.45) is 6.54. The molecule has 4 nitrogen and oxygen atoms in total. The summed E-state index contributed by atoms with van der Waals surface area (Å²) in [6.45, 7) is 4.97. The Balaban J connectivity index is 2.17. The molecule has 1 N–H and O–H groups in total. The van der Waals surface area contributed by atoms with Gasteiger partial charge < -0.3 is 10.1 Å². The van der Waals surface area contributed by atoms with Gasteiger partial charge in [0.05, 0.1) is 0 Å². The van der Waals surface area contributed by atoms with Crippen LogP contribution < -0.4 is 10.1 Å². The molecule has 0 aliphatic rings. The van der Waals surface area contributed by atoms with E-state index in [9.17, 15) is 0 Å². The van der Waals surface area contributed by atoms with Crippen molar-refractivity contribution in [1.29, 1.82) is 0 Å². The largest absolute Gasteiger partial charge is 0.438 e.